The Morgan fingerprint density at radius 3 is 2.59 bits per heavy atom. The van der Waals surface area contributed by atoms with Crippen LogP contribution in [-0.2, 0) is 0 Å². The maximum Gasteiger partial charge on any atom is 0.186 e. The zero-order valence-electron chi connectivity index (χ0n) is 12.4. The number of rotatable bonds is 3. The van der Waals surface area contributed by atoms with Gasteiger partial charge >= 0.3 is 0 Å². The van der Waals surface area contributed by atoms with Gasteiger partial charge in [-0.05, 0) is 50.3 Å². The SMILES string of the molecule is CNC(=S)N/N=C/c1cc(C)n(-c2ccc(Cl)c(Cl)c2)c1C. The molecular formula is C15H16Cl2N4S. The number of aryl methyl sites for hydroxylation is 1. The Bertz CT molecular complexity index is 737. The summed E-state index contributed by atoms with van der Waals surface area (Å²) in [5.41, 5.74) is 6.82. The van der Waals surface area contributed by atoms with Crippen LogP contribution in [0.1, 0.15) is 17.0 Å². The number of hydrogen-bond acceptors (Lipinski definition) is 2. The first-order valence-electron chi connectivity index (χ1n) is 6.59. The molecule has 4 nitrogen and oxygen atoms in total. The van der Waals surface area contributed by atoms with E-state index in [2.05, 4.69) is 20.4 Å². The second kappa shape index (κ2) is 7.13. The molecule has 0 unspecified atom stereocenters. The summed E-state index contributed by atoms with van der Waals surface area (Å²) in [5, 5.41) is 8.45. The summed E-state index contributed by atoms with van der Waals surface area (Å²) >= 11 is 17.1. The van der Waals surface area contributed by atoms with Gasteiger partial charge in [0, 0.05) is 29.7 Å². The van der Waals surface area contributed by atoms with Crippen LogP contribution in [0.3, 0.4) is 0 Å². The molecule has 0 bridgehead atoms. The number of halogens is 2. The first kappa shape index (κ1) is 16.8. The summed E-state index contributed by atoms with van der Waals surface area (Å²) in [5.74, 6) is 0. The number of benzene rings is 1. The van der Waals surface area contributed by atoms with Crippen LogP contribution in [0.2, 0.25) is 10.0 Å². The van der Waals surface area contributed by atoms with Gasteiger partial charge in [-0.25, -0.2) is 0 Å². The normalized spacial score (nSPS) is 11.0. The number of hydrazone groups is 1. The summed E-state index contributed by atoms with van der Waals surface area (Å²) in [6, 6.07) is 7.62. The maximum absolute atomic E-state index is 6.11. The van der Waals surface area contributed by atoms with Crippen molar-refractivity contribution in [2.75, 3.05) is 7.05 Å². The van der Waals surface area contributed by atoms with Crippen LogP contribution in [0.4, 0.5) is 0 Å². The van der Waals surface area contributed by atoms with E-state index in [0.717, 1.165) is 22.6 Å². The minimum atomic E-state index is 0.467. The fourth-order valence-corrected chi connectivity index (χ4v) is 2.50. The number of hydrogen-bond donors (Lipinski definition) is 2. The molecule has 22 heavy (non-hydrogen) atoms. The number of aromatic nitrogens is 1. The van der Waals surface area contributed by atoms with E-state index in [0.29, 0.717) is 15.2 Å². The molecule has 116 valence electrons. The van der Waals surface area contributed by atoms with Crippen molar-refractivity contribution in [3.63, 3.8) is 0 Å². The average molecular weight is 355 g/mol. The summed E-state index contributed by atoms with van der Waals surface area (Å²) in [6.45, 7) is 4.05. The topological polar surface area (TPSA) is 41.4 Å². The molecule has 0 fully saturated rings. The monoisotopic (exact) mass is 354 g/mol. The van der Waals surface area contributed by atoms with Crippen LogP contribution in [0.5, 0.6) is 0 Å². The fourth-order valence-electron chi connectivity index (χ4n) is 2.16. The highest BCUT2D eigenvalue weighted by atomic mass is 35.5. The lowest BCUT2D eigenvalue weighted by Gasteiger charge is -2.10. The van der Waals surface area contributed by atoms with Gasteiger partial charge in [0.25, 0.3) is 0 Å². The first-order chi connectivity index (χ1) is 10.4. The summed E-state index contributed by atoms with van der Waals surface area (Å²) in [6.07, 6.45) is 1.74. The molecule has 0 atom stereocenters. The Morgan fingerprint density at radius 2 is 1.95 bits per heavy atom. The van der Waals surface area contributed by atoms with Crippen LogP contribution >= 0.6 is 35.4 Å². The Hall–Kier alpha value is -1.56. The van der Waals surface area contributed by atoms with Gasteiger partial charge in [0.1, 0.15) is 0 Å². The predicted octanol–water partition coefficient (Wildman–Crippen LogP) is 3.83. The van der Waals surface area contributed by atoms with Crippen molar-refractivity contribution in [3.05, 3.63) is 51.3 Å². The van der Waals surface area contributed by atoms with Crippen molar-refractivity contribution >= 4 is 46.7 Å². The zero-order valence-corrected chi connectivity index (χ0v) is 14.8. The standard InChI is InChI=1S/C15H16Cl2N4S/c1-9-6-11(8-19-20-15(22)18-3)10(2)21(9)12-4-5-13(16)14(17)7-12/h4-8H,1-3H3,(H2,18,20,22)/b19-8+. The third-order valence-corrected chi connectivity index (χ3v) is 4.26. The zero-order chi connectivity index (χ0) is 16.3. The molecule has 0 aliphatic heterocycles. The third-order valence-electron chi connectivity index (χ3n) is 3.23. The van der Waals surface area contributed by atoms with Crippen LogP contribution in [0.25, 0.3) is 5.69 Å². The molecule has 0 spiro atoms. The lowest BCUT2D eigenvalue weighted by molar-refractivity contribution is 0.962. The number of nitrogens with zero attached hydrogens (tertiary/aromatic N) is 2. The van der Waals surface area contributed by atoms with Gasteiger partial charge in [0.15, 0.2) is 5.11 Å². The van der Waals surface area contributed by atoms with E-state index in [1.54, 1.807) is 19.3 Å². The highest BCUT2D eigenvalue weighted by Gasteiger charge is 2.10. The molecule has 1 heterocycles. The van der Waals surface area contributed by atoms with Gasteiger partial charge in [-0.3, -0.25) is 5.43 Å². The fraction of sp³-hybridized carbons (Fsp3) is 0.200. The lowest BCUT2D eigenvalue weighted by Crippen LogP contribution is -2.28. The largest absolute Gasteiger partial charge is 0.364 e. The highest BCUT2D eigenvalue weighted by molar-refractivity contribution is 7.80. The van der Waals surface area contributed by atoms with Crippen LogP contribution in [0.15, 0.2) is 29.4 Å². The van der Waals surface area contributed by atoms with Gasteiger partial charge in [-0.1, -0.05) is 23.2 Å². The molecule has 0 saturated carbocycles. The van der Waals surface area contributed by atoms with Gasteiger partial charge < -0.3 is 9.88 Å². The predicted molar refractivity (Wildman–Crippen MR) is 97.7 cm³/mol. The lowest BCUT2D eigenvalue weighted by atomic mass is 10.2. The molecule has 0 aliphatic rings. The smallest absolute Gasteiger partial charge is 0.186 e. The molecule has 2 aromatic rings. The van der Waals surface area contributed by atoms with E-state index in [9.17, 15) is 0 Å². The summed E-state index contributed by atoms with van der Waals surface area (Å²) in [4.78, 5) is 0. The van der Waals surface area contributed by atoms with Gasteiger partial charge in [-0.2, -0.15) is 5.10 Å². The van der Waals surface area contributed by atoms with Crippen molar-refractivity contribution in [2.24, 2.45) is 5.10 Å². The second-order valence-electron chi connectivity index (χ2n) is 4.71. The van der Waals surface area contributed by atoms with E-state index in [1.165, 1.54) is 0 Å². The van der Waals surface area contributed by atoms with Crippen LogP contribution < -0.4 is 10.7 Å². The minimum absolute atomic E-state index is 0.467. The van der Waals surface area contributed by atoms with Crippen LogP contribution in [-0.4, -0.2) is 22.9 Å². The van der Waals surface area contributed by atoms with Crippen molar-refractivity contribution < 1.29 is 0 Å². The van der Waals surface area contributed by atoms with Crippen molar-refractivity contribution in [1.29, 1.82) is 0 Å². The van der Waals surface area contributed by atoms with Gasteiger partial charge in [-0.15, -0.1) is 0 Å². The molecule has 2 N–H and O–H groups in total. The molecule has 0 amide bonds. The quantitative estimate of drug-likeness (QED) is 0.500. The molecular weight excluding hydrogens is 339 g/mol. The molecule has 2 rings (SSSR count). The van der Waals surface area contributed by atoms with E-state index < -0.39 is 0 Å². The highest BCUT2D eigenvalue weighted by Crippen LogP contribution is 2.27. The average Bonchev–Trinajstić information content (AvgIpc) is 2.76. The van der Waals surface area contributed by atoms with E-state index in [-0.39, 0.29) is 0 Å². The molecule has 1 aromatic heterocycles. The van der Waals surface area contributed by atoms with Crippen LogP contribution in [0, 0.1) is 13.8 Å². The van der Waals surface area contributed by atoms with Crippen molar-refractivity contribution in [2.45, 2.75) is 13.8 Å². The molecule has 0 aliphatic carbocycles. The summed E-state index contributed by atoms with van der Waals surface area (Å²) < 4.78 is 2.10. The van der Waals surface area contributed by atoms with Gasteiger partial charge in [0.2, 0.25) is 0 Å². The molecule has 0 saturated heterocycles. The Balaban J connectivity index is 2.34. The third kappa shape index (κ3) is 3.61. The summed E-state index contributed by atoms with van der Waals surface area (Å²) in [7, 11) is 1.74. The molecule has 7 heteroatoms. The Morgan fingerprint density at radius 1 is 1.23 bits per heavy atom. The second-order valence-corrected chi connectivity index (χ2v) is 5.93. The van der Waals surface area contributed by atoms with E-state index in [1.807, 2.05) is 32.0 Å². The Labute approximate surface area is 145 Å². The minimum Gasteiger partial charge on any atom is -0.364 e. The first-order valence-corrected chi connectivity index (χ1v) is 7.75. The molecule has 1 aromatic carbocycles. The van der Waals surface area contributed by atoms with E-state index >= 15 is 0 Å². The van der Waals surface area contributed by atoms with Crippen molar-refractivity contribution in [3.8, 4) is 5.69 Å². The van der Waals surface area contributed by atoms with Crippen molar-refractivity contribution in [1.82, 2.24) is 15.3 Å². The number of thiocarbonyl (C=S) groups is 1. The van der Waals surface area contributed by atoms with E-state index in [4.69, 9.17) is 35.4 Å². The Kier molecular flexibility index (Phi) is 5.45. The van der Waals surface area contributed by atoms with Gasteiger partial charge in [0.05, 0.1) is 16.3 Å². The maximum atomic E-state index is 6.11. The molecule has 0 radical (unpaired) electrons. The number of nitrogens with one attached hydrogen (secondary N) is 2.